The summed E-state index contributed by atoms with van der Waals surface area (Å²) in [7, 11) is 1.66. The lowest BCUT2D eigenvalue weighted by molar-refractivity contribution is -0.338. The molecular weight excluding hydrogens is 496 g/mol. The third-order valence-electron chi connectivity index (χ3n) is 7.49. The Labute approximate surface area is 236 Å². The lowest BCUT2D eigenvalue weighted by atomic mass is 9.80. The van der Waals surface area contributed by atoms with Crippen LogP contribution in [0.1, 0.15) is 74.3 Å². The number of ether oxygens (including phenoxy) is 6. The minimum Gasteiger partial charge on any atom is -0.497 e. The quantitative estimate of drug-likeness (QED) is 0.232. The van der Waals surface area contributed by atoms with Crippen LogP contribution < -0.4 is 4.74 Å². The largest absolute Gasteiger partial charge is 0.497 e. The van der Waals surface area contributed by atoms with Gasteiger partial charge in [0.05, 0.1) is 38.6 Å². The molecule has 0 spiro atoms. The summed E-state index contributed by atoms with van der Waals surface area (Å²) in [6.07, 6.45) is -0.719. The van der Waals surface area contributed by atoms with Crippen molar-refractivity contribution < 1.29 is 33.5 Å². The van der Waals surface area contributed by atoms with Gasteiger partial charge in [0.2, 0.25) is 0 Å². The zero-order valence-electron chi connectivity index (χ0n) is 25.7. The van der Waals surface area contributed by atoms with Crippen molar-refractivity contribution in [3.8, 4) is 17.6 Å². The predicted molar refractivity (Wildman–Crippen MR) is 153 cm³/mol. The summed E-state index contributed by atoms with van der Waals surface area (Å²) in [5.41, 5.74) is 1.09. The second-order valence-corrected chi connectivity index (χ2v) is 11.2. The maximum atomic E-state index is 11.1. The van der Waals surface area contributed by atoms with Crippen LogP contribution in [0.5, 0.6) is 5.75 Å². The molecule has 222 valence electrons. The van der Waals surface area contributed by atoms with Gasteiger partial charge in [-0.1, -0.05) is 51.7 Å². The summed E-state index contributed by atoms with van der Waals surface area (Å²) < 4.78 is 35.5. The Morgan fingerprint density at radius 2 is 1.64 bits per heavy atom. The van der Waals surface area contributed by atoms with E-state index in [9.17, 15) is 5.11 Å². The molecule has 0 saturated carbocycles. The molecule has 1 fully saturated rings. The predicted octanol–water partition coefficient (Wildman–Crippen LogP) is 5.82. The van der Waals surface area contributed by atoms with Crippen molar-refractivity contribution >= 4 is 0 Å². The normalized spacial score (nSPS) is 25.5. The molecule has 1 heterocycles. The van der Waals surface area contributed by atoms with Crippen LogP contribution in [0.15, 0.2) is 24.3 Å². The SMILES string of the molecule is CCOC(C)O[C@H](C)[C@H](C#CC(O)[C@@H](C)[C@@H]1OC(C)(C)O[C@@H]([C@@H](C)COCc2ccc(OC)cc2)[C@H]1C)CC. The van der Waals surface area contributed by atoms with Gasteiger partial charge < -0.3 is 33.5 Å². The average Bonchev–Trinajstić information content (AvgIpc) is 2.89. The Balaban J connectivity index is 2.02. The molecular formula is C32H52O7. The van der Waals surface area contributed by atoms with Gasteiger partial charge in [-0.05, 0) is 58.7 Å². The molecule has 0 amide bonds. The standard InChI is InChI=1S/C32H52O7/c1-11-27(24(6)37-25(7)36-12-2)15-18-29(33)22(4)31-23(5)30(38-32(8,9)39-31)21(3)19-35-20-26-13-16-28(34-10)17-14-26/h13-14,16-17,21-25,27,29-31,33H,11-12,19-20H2,1-10H3/t21-,22+,23+,24+,25?,27-,29?,30-,31-/m0/s1. The fourth-order valence-electron chi connectivity index (χ4n) is 5.21. The molecule has 7 nitrogen and oxygen atoms in total. The summed E-state index contributed by atoms with van der Waals surface area (Å²) >= 11 is 0. The van der Waals surface area contributed by atoms with E-state index in [-0.39, 0.29) is 48.3 Å². The van der Waals surface area contributed by atoms with E-state index in [0.29, 0.717) is 19.8 Å². The molecule has 1 aromatic rings. The zero-order valence-corrected chi connectivity index (χ0v) is 25.7. The highest BCUT2D eigenvalue weighted by Crippen LogP contribution is 2.38. The van der Waals surface area contributed by atoms with Crippen molar-refractivity contribution in [2.45, 2.75) is 112 Å². The van der Waals surface area contributed by atoms with Crippen molar-refractivity contribution in [2.75, 3.05) is 20.3 Å². The number of aliphatic hydroxyl groups is 1. The number of hydrogen-bond donors (Lipinski definition) is 1. The fourth-order valence-corrected chi connectivity index (χ4v) is 5.21. The maximum absolute atomic E-state index is 11.1. The number of benzene rings is 1. The van der Waals surface area contributed by atoms with Crippen molar-refractivity contribution in [2.24, 2.45) is 23.7 Å². The highest BCUT2D eigenvalue weighted by atomic mass is 16.7. The first-order valence-electron chi connectivity index (χ1n) is 14.4. The Morgan fingerprint density at radius 1 is 1.00 bits per heavy atom. The Bertz CT molecular complexity index is 890. The number of hydrogen-bond acceptors (Lipinski definition) is 7. The number of methoxy groups -OCH3 is 1. The minimum absolute atomic E-state index is 0.00477. The summed E-state index contributed by atoms with van der Waals surface area (Å²) in [4.78, 5) is 0. The molecule has 0 radical (unpaired) electrons. The van der Waals surface area contributed by atoms with Crippen LogP contribution in [-0.2, 0) is 30.3 Å². The zero-order chi connectivity index (χ0) is 29.2. The molecule has 1 aromatic carbocycles. The van der Waals surface area contributed by atoms with Gasteiger partial charge in [-0.2, -0.15) is 0 Å². The van der Waals surface area contributed by atoms with Gasteiger partial charge in [0.1, 0.15) is 11.9 Å². The lowest BCUT2D eigenvalue weighted by Gasteiger charge is -2.49. The van der Waals surface area contributed by atoms with Crippen LogP contribution in [0.25, 0.3) is 0 Å². The minimum atomic E-state index is -0.834. The van der Waals surface area contributed by atoms with Gasteiger partial charge in [0.15, 0.2) is 12.1 Å². The van der Waals surface area contributed by atoms with E-state index >= 15 is 0 Å². The van der Waals surface area contributed by atoms with Gasteiger partial charge >= 0.3 is 0 Å². The molecule has 0 bridgehead atoms. The molecule has 7 heteroatoms. The second kappa shape index (κ2) is 16.0. The first-order chi connectivity index (χ1) is 18.4. The fraction of sp³-hybridized carbons (Fsp3) is 0.750. The summed E-state index contributed by atoms with van der Waals surface area (Å²) in [6.45, 7) is 19.7. The van der Waals surface area contributed by atoms with Crippen LogP contribution >= 0.6 is 0 Å². The summed E-state index contributed by atoms with van der Waals surface area (Å²) in [5.74, 6) is 6.37. The molecule has 0 aliphatic carbocycles. The molecule has 2 rings (SSSR count). The highest BCUT2D eigenvalue weighted by molar-refractivity contribution is 5.26. The molecule has 0 aromatic heterocycles. The van der Waals surface area contributed by atoms with E-state index in [2.05, 4.69) is 32.6 Å². The molecule has 1 aliphatic rings. The lowest BCUT2D eigenvalue weighted by Crippen LogP contribution is -2.55. The highest BCUT2D eigenvalue weighted by Gasteiger charge is 2.46. The van der Waals surface area contributed by atoms with E-state index in [1.807, 2.05) is 65.8 Å². The first kappa shape index (κ1) is 33.5. The first-order valence-corrected chi connectivity index (χ1v) is 14.4. The van der Waals surface area contributed by atoms with E-state index in [0.717, 1.165) is 17.7 Å². The number of rotatable bonds is 14. The van der Waals surface area contributed by atoms with Crippen molar-refractivity contribution in [1.82, 2.24) is 0 Å². The van der Waals surface area contributed by atoms with Crippen LogP contribution in [0.4, 0.5) is 0 Å². The van der Waals surface area contributed by atoms with E-state index in [1.54, 1.807) is 7.11 Å². The molecule has 1 saturated heterocycles. The molecule has 2 unspecified atom stereocenters. The molecule has 1 aliphatic heterocycles. The Morgan fingerprint density at radius 3 is 2.23 bits per heavy atom. The molecule has 9 atom stereocenters. The second-order valence-electron chi connectivity index (χ2n) is 11.2. The van der Waals surface area contributed by atoms with E-state index in [4.69, 9.17) is 28.4 Å². The topological polar surface area (TPSA) is 75.6 Å². The van der Waals surface area contributed by atoms with Crippen LogP contribution in [-0.4, -0.2) is 61.9 Å². The van der Waals surface area contributed by atoms with Gasteiger partial charge in [0, 0.05) is 30.3 Å². The summed E-state index contributed by atoms with van der Waals surface area (Å²) in [5, 5.41) is 11.1. The number of aliphatic hydroxyl groups excluding tert-OH is 1. The Kier molecular flexibility index (Phi) is 13.7. The summed E-state index contributed by atoms with van der Waals surface area (Å²) in [6, 6.07) is 7.89. The molecule has 39 heavy (non-hydrogen) atoms. The van der Waals surface area contributed by atoms with Crippen LogP contribution in [0.2, 0.25) is 0 Å². The van der Waals surface area contributed by atoms with E-state index in [1.165, 1.54) is 0 Å². The van der Waals surface area contributed by atoms with Crippen molar-refractivity contribution in [3.05, 3.63) is 29.8 Å². The molecule has 1 N–H and O–H groups in total. The van der Waals surface area contributed by atoms with Gasteiger partial charge in [0.25, 0.3) is 0 Å². The van der Waals surface area contributed by atoms with Crippen LogP contribution in [0.3, 0.4) is 0 Å². The smallest absolute Gasteiger partial charge is 0.163 e. The average molecular weight is 549 g/mol. The van der Waals surface area contributed by atoms with Gasteiger partial charge in [-0.3, -0.25) is 0 Å². The van der Waals surface area contributed by atoms with Crippen molar-refractivity contribution in [1.29, 1.82) is 0 Å². The van der Waals surface area contributed by atoms with Crippen LogP contribution in [0, 0.1) is 35.5 Å². The van der Waals surface area contributed by atoms with E-state index < -0.39 is 11.9 Å². The van der Waals surface area contributed by atoms with Crippen molar-refractivity contribution in [3.63, 3.8) is 0 Å². The van der Waals surface area contributed by atoms with Gasteiger partial charge in [-0.15, -0.1) is 0 Å². The monoisotopic (exact) mass is 548 g/mol. The third-order valence-corrected chi connectivity index (χ3v) is 7.49. The van der Waals surface area contributed by atoms with Gasteiger partial charge in [-0.25, -0.2) is 0 Å². The maximum Gasteiger partial charge on any atom is 0.163 e. The Hall–Kier alpha value is -1.66. The third kappa shape index (κ3) is 10.4.